The van der Waals surface area contributed by atoms with Crippen molar-refractivity contribution in [3.8, 4) is 5.75 Å². The third kappa shape index (κ3) is 4.79. The number of ether oxygens (including phenoxy) is 1. The van der Waals surface area contributed by atoms with Crippen molar-refractivity contribution in [1.29, 1.82) is 0 Å². The SMILES string of the molecule is Cc1ccc2c(c1)CN(CC(=O)NCCc1nc3ccccc3n1C)C[C@@H](c1ccsc1)O2. The van der Waals surface area contributed by atoms with Gasteiger partial charge < -0.3 is 14.6 Å². The van der Waals surface area contributed by atoms with Gasteiger partial charge in [-0.3, -0.25) is 9.69 Å². The molecule has 1 amide bonds. The first-order chi connectivity index (χ1) is 16.1. The molecule has 0 radical (unpaired) electrons. The quantitative estimate of drug-likeness (QED) is 0.468. The van der Waals surface area contributed by atoms with Crippen molar-refractivity contribution >= 4 is 28.3 Å². The van der Waals surface area contributed by atoms with Gasteiger partial charge in [0.05, 0.1) is 17.6 Å². The summed E-state index contributed by atoms with van der Waals surface area (Å²) in [7, 11) is 2.02. The molecular formula is C26H28N4O2S. The number of imidazole rings is 1. The molecule has 7 heteroatoms. The summed E-state index contributed by atoms with van der Waals surface area (Å²) >= 11 is 1.66. The van der Waals surface area contributed by atoms with Crippen LogP contribution in [0.4, 0.5) is 0 Å². The van der Waals surface area contributed by atoms with Crippen LogP contribution in [0.25, 0.3) is 11.0 Å². The number of carbonyl (C=O) groups excluding carboxylic acids is 1. The number of nitrogens with zero attached hydrogens (tertiary/aromatic N) is 3. The van der Waals surface area contributed by atoms with E-state index in [1.54, 1.807) is 11.3 Å². The number of hydrogen-bond donors (Lipinski definition) is 1. The van der Waals surface area contributed by atoms with Gasteiger partial charge in [-0.1, -0.05) is 29.8 Å². The monoisotopic (exact) mass is 460 g/mol. The number of benzene rings is 2. The second-order valence-electron chi connectivity index (χ2n) is 8.62. The second-order valence-corrected chi connectivity index (χ2v) is 9.40. The van der Waals surface area contributed by atoms with Gasteiger partial charge in [0.25, 0.3) is 0 Å². The topological polar surface area (TPSA) is 59.4 Å². The average molecular weight is 461 g/mol. The van der Waals surface area contributed by atoms with Crippen molar-refractivity contribution in [3.05, 3.63) is 81.8 Å². The Kier molecular flexibility index (Phi) is 6.15. The fourth-order valence-electron chi connectivity index (χ4n) is 4.42. The van der Waals surface area contributed by atoms with Crippen LogP contribution in [-0.2, 0) is 24.8 Å². The zero-order valence-electron chi connectivity index (χ0n) is 19.0. The van der Waals surface area contributed by atoms with Crippen molar-refractivity contribution in [2.75, 3.05) is 19.6 Å². The smallest absolute Gasteiger partial charge is 0.234 e. The van der Waals surface area contributed by atoms with Crippen LogP contribution in [0.3, 0.4) is 0 Å². The molecule has 170 valence electrons. The van der Waals surface area contributed by atoms with Gasteiger partial charge in [-0.05, 0) is 41.9 Å². The first-order valence-corrected chi connectivity index (χ1v) is 12.2. The van der Waals surface area contributed by atoms with Crippen molar-refractivity contribution < 1.29 is 9.53 Å². The average Bonchev–Trinajstić information content (AvgIpc) is 3.40. The Morgan fingerprint density at radius 3 is 2.94 bits per heavy atom. The molecule has 2 aromatic carbocycles. The Bertz CT molecular complexity index is 1260. The number of rotatable bonds is 6. The number of amides is 1. The zero-order valence-corrected chi connectivity index (χ0v) is 19.8. The summed E-state index contributed by atoms with van der Waals surface area (Å²) < 4.78 is 8.47. The van der Waals surface area contributed by atoms with E-state index in [1.807, 2.05) is 31.3 Å². The lowest BCUT2D eigenvalue weighted by Crippen LogP contribution is -2.39. The summed E-state index contributed by atoms with van der Waals surface area (Å²) in [5.41, 5.74) is 5.57. The van der Waals surface area contributed by atoms with Crippen LogP contribution in [0, 0.1) is 6.92 Å². The number of nitrogens with one attached hydrogen (secondary N) is 1. The minimum absolute atomic E-state index is 0.0222. The van der Waals surface area contributed by atoms with Gasteiger partial charge in [-0.25, -0.2) is 4.98 Å². The molecule has 3 heterocycles. The molecule has 0 saturated heterocycles. The largest absolute Gasteiger partial charge is 0.484 e. The van der Waals surface area contributed by atoms with E-state index < -0.39 is 0 Å². The molecule has 0 spiro atoms. The third-order valence-corrected chi connectivity index (χ3v) is 6.84. The van der Waals surface area contributed by atoms with Crippen LogP contribution in [-0.4, -0.2) is 40.0 Å². The number of aryl methyl sites for hydroxylation is 2. The standard InChI is InChI=1S/C26H28N4O2S/c1-18-7-8-23-20(13-18)14-30(15-24(32-23)19-10-12-33-17-19)16-26(31)27-11-9-25-28-21-5-3-4-6-22(21)29(25)2/h3-8,10,12-13,17,24H,9,11,14-16H2,1-2H3,(H,27,31)/t24-/m0/s1. The summed E-state index contributed by atoms with van der Waals surface area (Å²) in [5.74, 6) is 1.90. The number of carbonyl (C=O) groups is 1. The lowest BCUT2D eigenvalue weighted by molar-refractivity contribution is -0.122. The summed E-state index contributed by atoms with van der Waals surface area (Å²) in [6.07, 6.45) is 0.604. The van der Waals surface area contributed by atoms with Gasteiger partial charge in [-0.2, -0.15) is 11.3 Å². The van der Waals surface area contributed by atoms with Crippen molar-refractivity contribution in [2.24, 2.45) is 7.05 Å². The number of fused-ring (bicyclic) bond motifs is 2. The van der Waals surface area contributed by atoms with Gasteiger partial charge in [0.2, 0.25) is 5.91 Å². The van der Waals surface area contributed by atoms with Crippen molar-refractivity contribution in [3.63, 3.8) is 0 Å². The maximum atomic E-state index is 12.8. The van der Waals surface area contributed by atoms with E-state index in [4.69, 9.17) is 9.72 Å². The number of hydrogen-bond acceptors (Lipinski definition) is 5. The first-order valence-electron chi connectivity index (χ1n) is 11.2. The maximum absolute atomic E-state index is 12.8. The minimum Gasteiger partial charge on any atom is -0.484 e. The number of para-hydroxylation sites is 2. The molecule has 0 bridgehead atoms. The summed E-state index contributed by atoms with van der Waals surface area (Å²) in [6, 6.07) is 16.5. The Balaban J connectivity index is 1.24. The fourth-order valence-corrected chi connectivity index (χ4v) is 5.12. The van der Waals surface area contributed by atoms with Crippen molar-refractivity contribution in [2.45, 2.75) is 26.0 Å². The first kappa shape index (κ1) is 21.7. The van der Waals surface area contributed by atoms with E-state index in [2.05, 4.69) is 56.7 Å². The van der Waals surface area contributed by atoms with Crippen LogP contribution in [0.5, 0.6) is 5.75 Å². The van der Waals surface area contributed by atoms with E-state index >= 15 is 0 Å². The highest BCUT2D eigenvalue weighted by molar-refractivity contribution is 7.07. The summed E-state index contributed by atoms with van der Waals surface area (Å²) in [6.45, 7) is 4.34. The molecule has 0 fully saturated rings. The highest BCUT2D eigenvalue weighted by atomic mass is 32.1. The van der Waals surface area contributed by atoms with Gasteiger partial charge in [0.15, 0.2) is 0 Å². The van der Waals surface area contributed by atoms with Gasteiger partial charge >= 0.3 is 0 Å². The molecule has 0 unspecified atom stereocenters. The van der Waals surface area contributed by atoms with Gasteiger partial charge in [0.1, 0.15) is 17.7 Å². The minimum atomic E-state index is -0.0898. The van der Waals surface area contributed by atoms with Crippen LogP contribution in [0.1, 0.15) is 28.6 Å². The number of aromatic nitrogens is 2. The molecular weight excluding hydrogens is 432 g/mol. The zero-order chi connectivity index (χ0) is 22.8. The normalized spacial score (nSPS) is 16.2. The Hall–Kier alpha value is -3.16. The maximum Gasteiger partial charge on any atom is 0.234 e. The second kappa shape index (κ2) is 9.37. The molecule has 1 N–H and O–H groups in total. The molecule has 1 atom stereocenters. The highest BCUT2D eigenvalue weighted by Gasteiger charge is 2.26. The van der Waals surface area contributed by atoms with Gasteiger partial charge in [-0.15, -0.1) is 0 Å². The van der Waals surface area contributed by atoms with Crippen LogP contribution in [0.2, 0.25) is 0 Å². The molecule has 1 aliphatic heterocycles. The fraction of sp³-hybridized carbons (Fsp3) is 0.308. The Morgan fingerprint density at radius 2 is 2.12 bits per heavy atom. The van der Waals surface area contributed by atoms with Crippen LogP contribution in [0.15, 0.2) is 59.3 Å². The van der Waals surface area contributed by atoms with E-state index in [9.17, 15) is 4.79 Å². The predicted molar refractivity (Wildman–Crippen MR) is 132 cm³/mol. The van der Waals surface area contributed by atoms with Gasteiger partial charge in [0, 0.05) is 44.2 Å². The molecule has 4 aromatic rings. The van der Waals surface area contributed by atoms with Crippen LogP contribution < -0.4 is 10.1 Å². The molecule has 2 aromatic heterocycles. The highest BCUT2D eigenvalue weighted by Crippen LogP contribution is 2.32. The lowest BCUT2D eigenvalue weighted by Gasteiger charge is -2.23. The summed E-state index contributed by atoms with van der Waals surface area (Å²) in [5, 5.41) is 7.27. The molecule has 0 saturated carbocycles. The Labute approximate surface area is 197 Å². The molecule has 0 aliphatic carbocycles. The summed E-state index contributed by atoms with van der Waals surface area (Å²) in [4.78, 5) is 19.7. The van der Waals surface area contributed by atoms with E-state index in [-0.39, 0.29) is 12.0 Å². The predicted octanol–water partition coefficient (Wildman–Crippen LogP) is 4.24. The molecule has 5 rings (SSSR count). The molecule has 1 aliphatic rings. The molecule has 6 nitrogen and oxygen atoms in total. The van der Waals surface area contributed by atoms with Crippen molar-refractivity contribution in [1.82, 2.24) is 19.8 Å². The lowest BCUT2D eigenvalue weighted by atomic mass is 10.1. The molecule has 33 heavy (non-hydrogen) atoms. The van der Waals surface area contributed by atoms with E-state index in [0.717, 1.165) is 33.7 Å². The van der Waals surface area contributed by atoms with Crippen LogP contribution >= 0.6 is 11.3 Å². The number of thiophene rings is 1. The Morgan fingerprint density at radius 1 is 1.24 bits per heavy atom. The van der Waals surface area contributed by atoms with E-state index in [0.29, 0.717) is 32.6 Å². The van der Waals surface area contributed by atoms with E-state index in [1.165, 1.54) is 5.56 Å². The third-order valence-electron chi connectivity index (χ3n) is 6.14.